The fraction of sp³-hybridized carbons (Fsp3) is 0.156. The van der Waals surface area contributed by atoms with Gasteiger partial charge in [-0.1, -0.05) is 54.1 Å². The van der Waals surface area contributed by atoms with Crippen LogP contribution in [0.2, 0.25) is 5.02 Å². The minimum atomic E-state index is -4.17. The minimum Gasteiger partial charge on any atom is -0.489 e. The van der Waals surface area contributed by atoms with Crippen LogP contribution in [0.5, 0.6) is 5.75 Å². The molecule has 4 aromatic carbocycles. The maximum absolute atomic E-state index is 12.9. The zero-order valence-electron chi connectivity index (χ0n) is 23.6. The summed E-state index contributed by atoms with van der Waals surface area (Å²) in [6, 6.07) is 28.3. The Hall–Kier alpha value is -4.71. The van der Waals surface area contributed by atoms with E-state index >= 15 is 0 Å². The first-order chi connectivity index (χ1) is 21.1. The van der Waals surface area contributed by atoms with Gasteiger partial charge in [0, 0.05) is 10.6 Å². The van der Waals surface area contributed by atoms with E-state index in [-0.39, 0.29) is 30.4 Å². The van der Waals surface area contributed by atoms with Crippen molar-refractivity contribution in [2.75, 3.05) is 13.2 Å². The zero-order valence-corrected chi connectivity index (χ0v) is 25.2. The van der Waals surface area contributed by atoms with E-state index in [0.717, 1.165) is 10.6 Å². The van der Waals surface area contributed by atoms with Crippen LogP contribution in [0.25, 0.3) is 0 Å². The molecule has 0 spiro atoms. The van der Waals surface area contributed by atoms with Gasteiger partial charge in [-0.25, -0.2) is 9.80 Å². The van der Waals surface area contributed by atoms with E-state index in [9.17, 15) is 18.3 Å². The molecule has 1 aliphatic rings. The Bertz CT molecular complexity index is 1810. The molecular weight excluding hydrogens is 604 g/mol. The molecule has 0 aromatic heterocycles. The van der Waals surface area contributed by atoms with E-state index in [1.807, 2.05) is 12.1 Å². The number of hydrogen-bond acceptors (Lipinski definition) is 7. The maximum atomic E-state index is 12.9. The fourth-order valence-corrected chi connectivity index (χ4v) is 5.66. The molecule has 0 radical (unpaired) electrons. The van der Waals surface area contributed by atoms with Crippen molar-refractivity contribution in [2.24, 2.45) is 15.2 Å². The number of ether oxygens (including phenoxy) is 2. The number of halogens is 1. The third-order valence-corrected chi connectivity index (χ3v) is 8.35. The highest BCUT2D eigenvalue weighted by Gasteiger charge is 2.44. The van der Waals surface area contributed by atoms with Gasteiger partial charge in [0.2, 0.25) is 5.96 Å². The summed E-state index contributed by atoms with van der Waals surface area (Å²) in [6.07, 6.45) is 0. The molecule has 226 valence electrons. The average molecular weight is 633 g/mol. The molecule has 0 bridgehead atoms. The van der Waals surface area contributed by atoms with Crippen molar-refractivity contribution in [2.45, 2.75) is 24.0 Å². The predicted octanol–water partition coefficient (Wildman–Crippen LogP) is 4.71. The molecule has 1 aliphatic heterocycles. The van der Waals surface area contributed by atoms with Gasteiger partial charge < -0.3 is 20.3 Å². The zero-order chi connectivity index (χ0) is 31.3. The van der Waals surface area contributed by atoms with E-state index in [2.05, 4.69) is 9.50 Å². The van der Waals surface area contributed by atoms with Crippen molar-refractivity contribution in [1.82, 2.24) is 5.01 Å². The summed E-state index contributed by atoms with van der Waals surface area (Å²) in [4.78, 5) is 12.0. The van der Waals surface area contributed by atoms with E-state index in [1.165, 1.54) is 24.3 Å². The predicted molar refractivity (Wildman–Crippen MR) is 167 cm³/mol. The lowest BCUT2D eigenvalue weighted by Gasteiger charge is -2.25. The van der Waals surface area contributed by atoms with Crippen LogP contribution in [0.1, 0.15) is 34.0 Å². The minimum absolute atomic E-state index is 0.0882. The average Bonchev–Trinajstić information content (AvgIpc) is 3.40. The molecule has 0 amide bonds. The van der Waals surface area contributed by atoms with Crippen molar-refractivity contribution in [1.29, 1.82) is 0 Å². The summed E-state index contributed by atoms with van der Waals surface area (Å²) in [5.41, 5.74) is 7.08. The van der Waals surface area contributed by atoms with E-state index in [4.69, 9.17) is 26.8 Å². The first-order valence-electron chi connectivity index (χ1n) is 13.6. The van der Waals surface area contributed by atoms with Gasteiger partial charge in [-0.15, -0.1) is 4.40 Å². The molecule has 1 atom stereocenters. The molecule has 0 aliphatic carbocycles. The van der Waals surface area contributed by atoms with Crippen LogP contribution in [0, 0.1) is 0 Å². The summed E-state index contributed by atoms with van der Waals surface area (Å²) in [7, 11) is -4.17. The van der Waals surface area contributed by atoms with Crippen molar-refractivity contribution in [3.8, 4) is 5.75 Å². The molecule has 0 fully saturated rings. The van der Waals surface area contributed by atoms with Crippen LogP contribution in [0.15, 0.2) is 118 Å². The summed E-state index contributed by atoms with van der Waals surface area (Å²) >= 11 is 5.88. The second kappa shape index (κ2) is 12.9. The second-order valence-electron chi connectivity index (χ2n) is 9.84. The van der Waals surface area contributed by atoms with Crippen LogP contribution in [-0.4, -0.2) is 49.3 Å². The molecule has 12 heteroatoms. The number of carbonyl (C=O) groups is 1. The van der Waals surface area contributed by atoms with Gasteiger partial charge in [0.1, 0.15) is 18.1 Å². The highest BCUT2D eigenvalue weighted by Crippen LogP contribution is 2.34. The number of hydrogen-bond donors (Lipinski definition) is 2. The third-order valence-electron chi connectivity index (χ3n) is 6.80. The Morgan fingerprint density at radius 1 is 1.02 bits per heavy atom. The van der Waals surface area contributed by atoms with Gasteiger partial charge >= 0.3 is 5.97 Å². The van der Waals surface area contributed by atoms with Crippen molar-refractivity contribution >= 4 is 39.3 Å². The number of β-amino-alcohol motifs (C(OH)–C–C–N with tert-alkyl or cyclic N) is 1. The molecule has 44 heavy (non-hydrogen) atoms. The van der Waals surface area contributed by atoms with Crippen LogP contribution < -0.4 is 10.5 Å². The van der Waals surface area contributed by atoms with Gasteiger partial charge in [0.25, 0.3) is 10.0 Å². The van der Waals surface area contributed by atoms with Gasteiger partial charge in [0.05, 0.1) is 23.6 Å². The van der Waals surface area contributed by atoms with E-state index in [0.29, 0.717) is 27.5 Å². The Morgan fingerprint density at radius 3 is 2.41 bits per heavy atom. The summed E-state index contributed by atoms with van der Waals surface area (Å²) < 4.78 is 40.5. The number of benzene rings is 4. The third kappa shape index (κ3) is 6.75. The molecule has 10 nitrogen and oxygen atoms in total. The smallest absolute Gasteiger partial charge is 0.338 e. The number of aliphatic hydroxyl groups is 1. The largest absolute Gasteiger partial charge is 0.489 e. The number of sulfonamides is 1. The van der Waals surface area contributed by atoms with Gasteiger partial charge in [-0.05, 0) is 78.7 Å². The molecule has 3 N–H and O–H groups in total. The first-order valence-corrected chi connectivity index (χ1v) is 15.4. The Morgan fingerprint density at radius 2 is 1.73 bits per heavy atom. The van der Waals surface area contributed by atoms with Crippen molar-refractivity contribution in [3.63, 3.8) is 0 Å². The normalized spacial score (nSPS) is 16.8. The highest BCUT2D eigenvalue weighted by molar-refractivity contribution is 7.90. The SMILES string of the molecule is CCOC(=O)c1cccc(COc2ccc(C3=NN(/C(N)=N/S(=O)(=O)c4ccc(Cl)cc4)CC3(O)c3ccccc3)cc2)c1. The number of hydrazone groups is 1. The van der Waals surface area contributed by atoms with Crippen LogP contribution in [0.3, 0.4) is 0 Å². The Kier molecular flexibility index (Phi) is 9.00. The van der Waals surface area contributed by atoms with Crippen molar-refractivity contribution < 1.29 is 27.8 Å². The standard InChI is InChI=1S/C32H29ClN4O6S/c1-2-42-30(38)24-8-6-7-22(19-24)20-43-27-15-11-23(12-16-27)29-32(39,25-9-4-3-5-10-25)21-37(35-29)31(34)36-44(40,41)28-17-13-26(33)14-18-28/h3-19,39H,2,20-21H2,1H3,(H2,34,36). The number of nitrogens with zero attached hydrogens (tertiary/aromatic N) is 3. The number of carbonyl (C=O) groups excluding carboxylic acids is 1. The molecule has 5 rings (SSSR count). The van der Waals surface area contributed by atoms with Gasteiger partial charge in [0.15, 0.2) is 5.60 Å². The number of rotatable bonds is 9. The summed E-state index contributed by atoms with van der Waals surface area (Å²) in [6.45, 7) is 2.08. The Labute approximate surface area is 260 Å². The molecule has 1 unspecified atom stereocenters. The Balaban J connectivity index is 1.40. The van der Waals surface area contributed by atoms with Crippen LogP contribution >= 0.6 is 11.6 Å². The lowest BCUT2D eigenvalue weighted by atomic mass is 9.86. The fourth-order valence-electron chi connectivity index (χ4n) is 4.61. The quantitative estimate of drug-likeness (QED) is 0.153. The van der Waals surface area contributed by atoms with E-state index < -0.39 is 27.6 Å². The number of guanidine groups is 1. The molecule has 4 aromatic rings. The maximum Gasteiger partial charge on any atom is 0.338 e. The van der Waals surface area contributed by atoms with Gasteiger partial charge in [-0.2, -0.15) is 13.5 Å². The van der Waals surface area contributed by atoms with Gasteiger partial charge in [-0.3, -0.25) is 0 Å². The highest BCUT2D eigenvalue weighted by atomic mass is 35.5. The molecular formula is C32H29ClN4O6S. The van der Waals surface area contributed by atoms with Crippen molar-refractivity contribution in [3.05, 3.63) is 130 Å². The lowest BCUT2D eigenvalue weighted by Crippen LogP contribution is -2.42. The topological polar surface area (TPSA) is 144 Å². The second-order valence-corrected chi connectivity index (χ2v) is 11.9. The van der Waals surface area contributed by atoms with Crippen LogP contribution in [0.4, 0.5) is 0 Å². The number of nitrogens with two attached hydrogens (primary N) is 1. The summed E-state index contributed by atoms with van der Waals surface area (Å²) in [5.74, 6) is -0.261. The molecule has 1 heterocycles. The monoisotopic (exact) mass is 632 g/mol. The van der Waals surface area contributed by atoms with E-state index in [1.54, 1.807) is 73.7 Å². The first kappa shape index (κ1) is 30.7. The molecule has 0 saturated carbocycles. The number of esters is 1. The lowest BCUT2D eigenvalue weighted by molar-refractivity contribution is 0.0526. The van der Waals surface area contributed by atoms with Crippen LogP contribution in [-0.2, 0) is 27.0 Å². The summed E-state index contributed by atoms with van der Waals surface area (Å²) in [5, 5.41) is 18.0. The molecule has 0 saturated heterocycles.